The van der Waals surface area contributed by atoms with E-state index >= 15 is 0 Å². The van der Waals surface area contributed by atoms with Crippen LogP contribution in [-0.4, -0.2) is 5.30 Å². The molecule has 0 unspecified atom stereocenters. The molecule has 0 amide bonds. The summed E-state index contributed by atoms with van der Waals surface area (Å²) < 4.78 is 19.6. The minimum atomic E-state index is -1.38. The molecule has 0 fully saturated rings. The van der Waals surface area contributed by atoms with Crippen LogP contribution < -0.4 is 0 Å². The van der Waals surface area contributed by atoms with Gasteiger partial charge in [-0.3, -0.25) is 0 Å². The van der Waals surface area contributed by atoms with Crippen LogP contribution in [-0.2, 0) is 15.9 Å². The van der Waals surface area contributed by atoms with Gasteiger partial charge in [0.2, 0.25) is 0 Å². The maximum atomic E-state index is 10.7. The Bertz CT molecular complexity index is 62.7. The first-order chi connectivity index (χ1) is 2.27. The van der Waals surface area contributed by atoms with Crippen LogP contribution in [0.5, 0.6) is 0 Å². The van der Waals surface area contributed by atoms with Gasteiger partial charge in [-0.25, -0.2) is 5.41 Å². The van der Waals surface area contributed by atoms with Crippen molar-refractivity contribution in [1.82, 2.24) is 0 Å². The van der Waals surface area contributed by atoms with Crippen molar-refractivity contribution in [1.29, 1.82) is 5.41 Å². The van der Waals surface area contributed by atoms with Crippen molar-refractivity contribution in [3.8, 4) is 0 Å². The second kappa shape index (κ2) is 1.90. The van der Waals surface area contributed by atoms with Gasteiger partial charge >= 0.3 is 17.0 Å². The van der Waals surface area contributed by atoms with Gasteiger partial charge in [-0.15, -0.1) is 4.39 Å². The quantitative estimate of drug-likeness (QED) is 0.262. The molecular weight excluding hydrogens is 93.1 g/mol. The Morgan fingerprint density at radius 2 is 2.20 bits per heavy atom. The minimum Gasteiger partial charge on any atom is -0.215 e. The van der Waals surface area contributed by atoms with Gasteiger partial charge in [0.15, 0.2) is 0 Å². The summed E-state index contributed by atoms with van der Waals surface area (Å²) in [6, 6.07) is 0. The summed E-state index contributed by atoms with van der Waals surface area (Å²) in [7, 11) is 0. The van der Waals surface area contributed by atoms with Gasteiger partial charge in [0.1, 0.15) is 0 Å². The van der Waals surface area contributed by atoms with E-state index in [-0.39, 0.29) is 0 Å². The maximum Gasteiger partial charge on any atom is 0.561 e. The molecule has 0 spiro atoms. The zero-order valence-corrected chi connectivity index (χ0v) is 3.01. The molecule has 0 aliphatic carbocycles. The fraction of sp³-hybridized carbons (Fsp3) is 0. The Morgan fingerprint density at radius 1 is 2.00 bits per heavy atom. The second-order valence-electron chi connectivity index (χ2n) is 0.357. The van der Waals surface area contributed by atoms with E-state index in [2.05, 4.69) is 0 Å². The van der Waals surface area contributed by atoms with Gasteiger partial charge in [-0.05, 0) is 0 Å². The highest BCUT2D eigenvalue weighted by Crippen LogP contribution is 1.63. The third-order valence-corrected chi connectivity index (χ3v) is 0.219. The summed E-state index contributed by atoms with van der Waals surface area (Å²) in [6.07, 6.45) is 0. The lowest BCUT2D eigenvalue weighted by atomic mass is 11.6. The summed E-state index contributed by atoms with van der Waals surface area (Å²) in [5.41, 5.74) is 0. The first-order valence-electron chi connectivity index (χ1n) is 0.810. The Kier molecular flexibility index (Phi) is 1.75. The van der Waals surface area contributed by atoms with Crippen LogP contribution in [0.4, 0.5) is 4.39 Å². The highest BCUT2D eigenvalue weighted by atomic mass is 32.1. The number of hydrogen-bond donors (Lipinski definition) is 1. The molecule has 0 aromatic heterocycles. The minimum absolute atomic E-state index is 0.454. The zero-order chi connectivity index (χ0) is 4.28. The average Bonchev–Trinajstić information content (AvgIpc) is 1.38. The molecule has 0 aliphatic heterocycles. The highest BCUT2D eigenvalue weighted by molar-refractivity contribution is 7.82. The van der Waals surface area contributed by atoms with Crippen LogP contribution >= 0.6 is 0 Å². The SMILES string of the molecule is N=C(F)[S+]=O. The summed E-state index contributed by atoms with van der Waals surface area (Å²) in [4.78, 5) is 0. The van der Waals surface area contributed by atoms with Gasteiger partial charge in [0.05, 0.1) is 0 Å². The lowest BCUT2D eigenvalue weighted by Gasteiger charge is -1.36. The molecule has 0 rings (SSSR count). The van der Waals surface area contributed by atoms with Crippen molar-refractivity contribution in [3.05, 3.63) is 0 Å². The lowest BCUT2D eigenvalue weighted by molar-refractivity contribution is 0.606. The first-order valence-corrected chi connectivity index (χ1v) is 1.55. The molecule has 5 heavy (non-hydrogen) atoms. The predicted octanol–water partition coefficient (Wildman–Crippen LogP) is 0.319. The van der Waals surface area contributed by atoms with Crippen molar-refractivity contribution in [2.24, 2.45) is 0 Å². The van der Waals surface area contributed by atoms with Gasteiger partial charge in [-0.2, -0.15) is 0 Å². The molecule has 0 atom stereocenters. The van der Waals surface area contributed by atoms with Gasteiger partial charge in [-0.1, -0.05) is 0 Å². The van der Waals surface area contributed by atoms with Crippen LogP contribution in [0.15, 0.2) is 0 Å². The van der Waals surface area contributed by atoms with Crippen molar-refractivity contribution in [3.63, 3.8) is 0 Å². The van der Waals surface area contributed by atoms with Crippen molar-refractivity contribution in [2.45, 2.75) is 0 Å². The smallest absolute Gasteiger partial charge is 0.215 e. The number of halogens is 1. The molecule has 0 aromatic carbocycles. The van der Waals surface area contributed by atoms with Crippen molar-refractivity contribution >= 4 is 17.0 Å². The standard InChI is InChI=1S/CHFNOS/c2-1(3)5-4/h3H/q+1. The van der Waals surface area contributed by atoms with Crippen LogP contribution in [0.2, 0.25) is 0 Å². The molecule has 0 bridgehead atoms. The molecule has 0 saturated carbocycles. The average molecular weight is 94.1 g/mol. The molecule has 28 valence electrons. The van der Waals surface area contributed by atoms with E-state index in [0.29, 0.717) is 0 Å². The van der Waals surface area contributed by atoms with Crippen LogP contribution in [0.25, 0.3) is 0 Å². The summed E-state index contributed by atoms with van der Waals surface area (Å²) in [5, 5.41) is 4.34. The number of rotatable bonds is 0. The first kappa shape index (κ1) is 4.62. The lowest BCUT2D eigenvalue weighted by Crippen LogP contribution is -1.73. The van der Waals surface area contributed by atoms with E-state index < -0.39 is 17.0 Å². The van der Waals surface area contributed by atoms with E-state index in [1.807, 2.05) is 0 Å². The molecular formula is CHFNOS+. The fourth-order valence-corrected chi connectivity index (χ4v) is 0. The largest absolute Gasteiger partial charge is 0.561 e. The topological polar surface area (TPSA) is 40.9 Å². The molecule has 0 heterocycles. The van der Waals surface area contributed by atoms with Gasteiger partial charge in [0.25, 0.3) is 0 Å². The monoisotopic (exact) mass is 94.0 g/mol. The zero-order valence-electron chi connectivity index (χ0n) is 2.19. The Hall–Kier alpha value is -0.380. The highest BCUT2D eigenvalue weighted by Gasteiger charge is 2.04. The predicted molar refractivity (Wildman–Crippen MR) is 16.9 cm³/mol. The number of hydrogen-bond acceptors (Lipinski definition) is 2. The molecule has 1 N–H and O–H groups in total. The van der Waals surface area contributed by atoms with E-state index in [1.165, 1.54) is 0 Å². The Balaban J connectivity index is 3.20. The van der Waals surface area contributed by atoms with Gasteiger partial charge < -0.3 is 0 Å². The van der Waals surface area contributed by atoms with Crippen molar-refractivity contribution < 1.29 is 8.60 Å². The van der Waals surface area contributed by atoms with E-state index in [1.54, 1.807) is 0 Å². The Labute approximate surface area is 32.0 Å². The molecule has 4 heteroatoms. The van der Waals surface area contributed by atoms with E-state index in [0.717, 1.165) is 0 Å². The molecule has 0 aromatic rings. The Morgan fingerprint density at radius 3 is 2.20 bits per heavy atom. The van der Waals surface area contributed by atoms with E-state index in [9.17, 15) is 4.39 Å². The molecule has 0 aliphatic rings. The third-order valence-electron chi connectivity index (χ3n) is 0.0732. The summed E-state index contributed by atoms with van der Waals surface area (Å²) >= 11 is -0.454. The number of nitrogens with one attached hydrogen (secondary N) is 1. The second-order valence-corrected chi connectivity index (χ2v) is 0.882. The van der Waals surface area contributed by atoms with Crippen LogP contribution in [0.1, 0.15) is 0 Å². The summed E-state index contributed by atoms with van der Waals surface area (Å²) in [5.74, 6) is 0. The summed E-state index contributed by atoms with van der Waals surface area (Å²) in [6.45, 7) is 0. The maximum absolute atomic E-state index is 10.7. The molecule has 0 radical (unpaired) electrons. The normalized spacial score (nSPS) is 6.60. The molecule has 2 nitrogen and oxygen atoms in total. The van der Waals surface area contributed by atoms with Crippen LogP contribution in [0.3, 0.4) is 0 Å². The van der Waals surface area contributed by atoms with Gasteiger partial charge in [0, 0.05) is 4.21 Å². The third kappa shape index (κ3) is 3.62. The molecule has 0 saturated heterocycles. The fourth-order valence-electron chi connectivity index (χ4n) is 0. The van der Waals surface area contributed by atoms with Crippen LogP contribution in [0, 0.1) is 5.41 Å². The van der Waals surface area contributed by atoms with E-state index in [4.69, 9.17) is 9.62 Å². The van der Waals surface area contributed by atoms with Crippen molar-refractivity contribution in [2.75, 3.05) is 0 Å².